The molecule has 1 atom stereocenters. The summed E-state index contributed by atoms with van der Waals surface area (Å²) in [4.78, 5) is 41.1. The van der Waals surface area contributed by atoms with Crippen LogP contribution >= 0.6 is 0 Å². The molecule has 2 heterocycles. The smallest absolute Gasteiger partial charge is 0.227 e. The summed E-state index contributed by atoms with van der Waals surface area (Å²) in [5, 5.41) is 18.7. The van der Waals surface area contributed by atoms with Crippen LogP contribution in [0.4, 0.5) is 5.69 Å². The van der Waals surface area contributed by atoms with Crippen LogP contribution in [-0.4, -0.2) is 70.1 Å². The normalized spacial score (nSPS) is 13.6. The van der Waals surface area contributed by atoms with E-state index in [1.54, 1.807) is 4.90 Å². The third-order valence-corrected chi connectivity index (χ3v) is 9.15. The predicted molar refractivity (Wildman–Crippen MR) is 199 cm³/mol. The van der Waals surface area contributed by atoms with Crippen LogP contribution in [0, 0.1) is 5.41 Å². The number of benzene rings is 2. The quantitative estimate of drug-likeness (QED) is 0.167. The van der Waals surface area contributed by atoms with Crippen molar-refractivity contribution in [3.05, 3.63) is 54.1 Å². The van der Waals surface area contributed by atoms with Crippen molar-refractivity contribution in [1.82, 2.24) is 30.9 Å². The summed E-state index contributed by atoms with van der Waals surface area (Å²) >= 11 is 0. The van der Waals surface area contributed by atoms with Crippen molar-refractivity contribution < 1.29 is 19.1 Å². The number of fused-ring (bicyclic) bond motifs is 5. The molecule has 1 unspecified atom stereocenters. The Morgan fingerprint density at radius 3 is 2.26 bits per heavy atom. The van der Waals surface area contributed by atoms with Gasteiger partial charge in [-0.15, -0.1) is 5.10 Å². The summed E-state index contributed by atoms with van der Waals surface area (Å²) in [6.45, 7) is 20.0. The fraction of sp³-hybridized carbons (Fsp3) is 0.564. The number of amides is 3. The number of aromatic nitrogens is 3. The van der Waals surface area contributed by atoms with E-state index in [2.05, 4.69) is 53.1 Å². The fourth-order valence-corrected chi connectivity index (χ4v) is 5.98. The van der Waals surface area contributed by atoms with E-state index < -0.39 is 11.0 Å². The SMILES string of the molecule is CC(C)NCC(C)n1nnc2c1-c1ccccc1CN(C(=O)CCC(=O)NCCC(C)(C)OCCC(C)(C)C(=O)NC(C)C)c1ccccc1-2. The molecule has 0 spiro atoms. The van der Waals surface area contributed by atoms with Gasteiger partial charge in [0.15, 0.2) is 0 Å². The van der Waals surface area contributed by atoms with Gasteiger partial charge in [-0.25, -0.2) is 4.68 Å². The molecule has 4 rings (SSSR count). The number of nitrogens with zero attached hydrogens (tertiary/aromatic N) is 4. The van der Waals surface area contributed by atoms with Gasteiger partial charge in [-0.3, -0.25) is 14.4 Å². The van der Waals surface area contributed by atoms with Crippen LogP contribution in [0.2, 0.25) is 0 Å². The number of hydrogen-bond acceptors (Lipinski definition) is 7. The van der Waals surface area contributed by atoms with Gasteiger partial charge in [0.05, 0.1) is 29.6 Å². The van der Waals surface area contributed by atoms with Crippen LogP contribution in [0.3, 0.4) is 0 Å². The lowest BCUT2D eigenvalue weighted by molar-refractivity contribution is -0.132. The van der Waals surface area contributed by atoms with E-state index in [1.807, 2.05) is 88.7 Å². The largest absolute Gasteiger partial charge is 0.375 e. The Hall–Kier alpha value is -4.09. The first-order chi connectivity index (χ1) is 23.6. The van der Waals surface area contributed by atoms with Gasteiger partial charge in [0.2, 0.25) is 17.7 Å². The number of para-hydroxylation sites is 1. The summed E-state index contributed by atoms with van der Waals surface area (Å²) < 4.78 is 8.11. The molecule has 0 saturated carbocycles. The van der Waals surface area contributed by atoms with Crippen molar-refractivity contribution in [2.75, 3.05) is 24.6 Å². The van der Waals surface area contributed by atoms with Crippen LogP contribution in [-0.2, 0) is 25.7 Å². The Morgan fingerprint density at radius 1 is 0.880 bits per heavy atom. The third kappa shape index (κ3) is 10.0. The minimum absolute atomic E-state index is 0.0107. The molecule has 11 heteroatoms. The van der Waals surface area contributed by atoms with E-state index >= 15 is 0 Å². The van der Waals surface area contributed by atoms with Crippen LogP contribution in [0.1, 0.15) is 99.6 Å². The Balaban J connectivity index is 1.39. The monoisotopic (exact) mass is 687 g/mol. The zero-order valence-electron chi connectivity index (χ0n) is 31.4. The minimum atomic E-state index is -0.541. The highest BCUT2D eigenvalue weighted by molar-refractivity contribution is 6.01. The van der Waals surface area contributed by atoms with Crippen LogP contribution < -0.4 is 20.9 Å². The zero-order chi connectivity index (χ0) is 36.6. The van der Waals surface area contributed by atoms with E-state index in [0.29, 0.717) is 38.6 Å². The van der Waals surface area contributed by atoms with Gasteiger partial charge >= 0.3 is 0 Å². The van der Waals surface area contributed by atoms with Gasteiger partial charge in [-0.1, -0.05) is 75.4 Å². The van der Waals surface area contributed by atoms with Crippen LogP contribution in [0.25, 0.3) is 22.5 Å². The van der Waals surface area contributed by atoms with E-state index in [4.69, 9.17) is 4.74 Å². The van der Waals surface area contributed by atoms with E-state index in [0.717, 1.165) is 40.3 Å². The van der Waals surface area contributed by atoms with Crippen molar-refractivity contribution in [3.63, 3.8) is 0 Å². The van der Waals surface area contributed by atoms with Gasteiger partial charge in [0.1, 0.15) is 5.69 Å². The van der Waals surface area contributed by atoms with Gasteiger partial charge in [0.25, 0.3) is 0 Å². The molecule has 11 nitrogen and oxygen atoms in total. The number of carbonyl (C=O) groups is 3. The Kier molecular flexibility index (Phi) is 13.0. The first-order valence-corrected chi connectivity index (χ1v) is 18.0. The molecule has 272 valence electrons. The summed E-state index contributed by atoms with van der Waals surface area (Å²) in [5.74, 6) is -0.312. The van der Waals surface area contributed by atoms with E-state index in [-0.39, 0.29) is 42.6 Å². The van der Waals surface area contributed by atoms with Gasteiger partial charge in [0, 0.05) is 61.2 Å². The Bertz CT molecular complexity index is 1630. The standard InChI is InChI=1S/C39H57N7O4/c1-26(2)41-24-28(5)46-36-30-15-11-10-14-29(30)25-45(32-17-13-12-16-31(32)35(36)43-44-46)34(48)19-18-33(47)40-22-20-39(8,9)50-23-21-38(6,7)37(49)42-27(3)4/h10-17,26-28,41H,18-25H2,1-9H3,(H,40,47)(H,42,49). The summed E-state index contributed by atoms with van der Waals surface area (Å²) in [5.41, 5.74) is 4.19. The molecule has 1 aliphatic heterocycles. The maximum absolute atomic E-state index is 13.9. The topological polar surface area (TPSA) is 130 Å². The van der Waals surface area contributed by atoms with Crippen molar-refractivity contribution in [2.24, 2.45) is 5.41 Å². The molecule has 1 aromatic heterocycles. The number of hydrogen-bond donors (Lipinski definition) is 3. The number of nitrogens with one attached hydrogen (secondary N) is 3. The molecule has 1 aliphatic rings. The number of anilines is 1. The second-order valence-electron chi connectivity index (χ2n) is 15.3. The Morgan fingerprint density at radius 2 is 1.56 bits per heavy atom. The number of ether oxygens (including phenoxy) is 1. The van der Waals surface area contributed by atoms with Gasteiger partial charge < -0.3 is 25.6 Å². The molecular formula is C39H57N7O4. The molecule has 3 aromatic rings. The van der Waals surface area contributed by atoms with Crippen LogP contribution in [0.15, 0.2) is 48.5 Å². The molecule has 0 bridgehead atoms. The van der Waals surface area contributed by atoms with E-state index in [1.165, 1.54) is 0 Å². The highest BCUT2D eigenvalue weighted by Gasteiger charge is 2.31. The predicted octanol–water partition coefficient (Wildman–Crippen LogP) is 6.04. The highest BCUT2D eigenvalue weighted by atomic mass is 16.5. The van der Waals surface area contributed by atoms with Gasteiger partial charge in [-0.05, 0) is 59.1 Å². The maximum Gasteiger partial charge on any atom is 0.227 e. The second-order valence-corrected chi connectivity index (χ2v) is 15.3. The summed E-state index contributed by atoms with van der Waals surface area (Å²) in [6.07, 6.45) is 1.31. The summed E-state index contributed by atoms with van der Waals surface area (Å²) in [6, 6.07) is 16.4. The Labute approximate surface area is 297 Å². The molecule has 0 saturated heterocycles. The third-order valence-electron chi connectivity index (χ3n) is 9.15. The lowest BCUT2D eigenvalue weighted by Gasteiger charge is -2.29. The molecule has 50 heavy (non-hydrogen) atoms. The molecule has 2 aromatic carbocycles. The minimum Gasteiger partial charge on any atom is -0.375 e. The lowest BCUT2D eigenvalue weighted by Crippen LogP contribution is -2.41. The molecule has 0 fully saturated rings. The average molecular weight is 688 g/mol. The summed E-state index contributed by atoms with van der Waals surface area (Å²) in [7, 11) is 0. The molecule has 0 aliphatic carbocycles. The van der Waals surface area contributed by atoms with Crippen molar-refractivity contribution in [1.29, 1.82) is 0 Å². The first kappa shape index (κ1) is 38.7. The van der Waals surface area contributed by atoms with Gasteiger partial charge in [-0.2, -0.15) is 0 Å². The number of rotatable bonds is 16. The number of carbonyl (C=O) groups excluding carboxylic acids is 3. The first-order valence-electron chi connectivity index (χ1n) is 18.0. The highest BCUT2D eigenvalue weighted by Crippen LogP contribution is 2.42. The van der Waals surface area contributed by atoms with Crippen LogP contribution in [0.5, 0.6) is 0 Å². The maximum atomic E-state index is 13.9. The second kappa shape index (κ2) is 16.7. The van der Waals surface area contributed by atoms with Crippen molar-refractivity contribution >= 4 is 23.4 Å². The average Bonchev–Trinajstić information content (AvgIpc) is 3.48. The molecule has 3 N–H and O–H groups in total. The lowest BCUT2D eigenvalue weighted by atomic mass is 9.88. The fourth-order valence-electron chi connectivity index (χ4n) is 5.98. The van der Waals surface area contributed by atoms with Crippen molar-refractivity contribution in [2.45, 2.75) is 118 Å². The zero-order valence-corrected chi connectivity index (χ0v) is 31.4. The van der Waals surface area contributed by atoms with Crippen molar-refractivity contribution in [3.8, 4) is 22.5 Å². The molecular weight excluding hydrogens is 630 g/mol. The molecule has 3 amide bonds. The van der Waals surface area contributed by atoms with E-state index in [9.17, 15) is 14.4 Å². The molecule has 0 radical (unpaired) electrons.